The molecule has 18 heavy (non-hydrogen) atoms. The summed E-state index contributed by atoms with van der Waals surface area (Å²) in [6, 6.07) is 9.09. The van der Waals surface area contributed by atoms with E-state index in [2.05, 4.69) is 43.4 Å². The summed E-state index contributed by atoms with van der Waals surface area (Å²) >= 11 is 0. The van der Waals surface area contributed by atoms with Crippen LogP contribution in [0.15, 0.2) is 24.3 Å². The molecule has 0 amide bonds. The summed E-state index contributed by atoms with van der Waals surface area (Å²) in [7, 11) is 0. The van der Waals surface area contributed by atoms with Crippen molar-refractivity contribution in [1.82, 2.24) is 5.32 Å². The van der Waals surface area contributed by atoms with Crippen LogP contribution in [0.1, 0.15) is 38.7 Å². The van der Waals surface area contributed by atoms with Gasteiger partial charge in [0.1, 0.15) is 12.4 Å². The third-order valence-electron chi connectivity index (χ3n) is 3.55. The first-order chi connectivity index (χ1) is 8.83. The fourth-order valence-electron chi connectivity index (χ4n) is 2.35. The third-order valence-corrected chi connectivity index (χ3v) is 3.55. The van der Waals surface area contributed by atoms with E-state index in [4.69, 9.17) is 4.74 Å². The maximum atomic E-state index is 5.89. The van der Waals surface area contributed by atoms with Gasteiger partial charge in [-0.2, -0.15) is 0 Å². The number of likely N-dealkylation sites (N-methyl/N-ethyl adjacent to an activating group) is 1. The molecule has 1 fully saturated rings. The largest absolute Gasteiger partial charge is 0.492 e. The Morgan fingerprint density at radius 1 is 1.22 bits per heavy atom. The van der Waals surface area contributed by atoms with Crippen molar-refractivity contribution in [2.45, 2.75) is 45.6 Å². The number of nitrogens with one attached hydrogen (secondary N) is 1. The highest BCUT2D eigenvalue weighted by molar-refractivity contribution is 5.27. The zero-order valence-corrected chi connectivity index (χ0v) is 11.6. The van der Waals surface area contributed by atoms with Crippen LogP contribution in [0.2, 0.25) is 0 Å². The Kier molecular flexibility index (Phi) is 5.06. The minimum absolute atomic E-state index is 0.533. The normalized spacial score (nSPS) is 16.6. The van der Waals surface area contributed by atoms with Gasteiger partial charge in [-0.3, -0.25) is 0 Å². The first kappa shape index (κ1) is 13.4. The van der Waals surface area contributed by atoms with Gasteiger partial charge in [0, 0.05) is 6.04 Å². The molecule has 2 rings (SSSR count). The fourth-order valence-corrected chi connectivity index (χ4v) is 2.35. The van der Waals surface area contributed by atoms with Crippen LogP contribution in [0.3, 0.4) is 0 Å². The van der Waals surface area contributed by atoms with Crippen LogP contribution in [0.25, 0.3) is 0 Å². The Morgan fingerprint density at radius 2 is 1.94 bits per heavy atom. The summed E-state index contributed by atoms with van der Waals surface area (Å²) in [6.45, 7) is 6.20. The van der Waals surface area contributed by atoms with Gasteiger partial charge in [-0.15, -0.1) is 0 Å². The van der Waals surface area contributed by atoms with Crippen LogP contribution in [-0.4, -0.2) is 19.2 Å². The van der Waals surface area contributed by atoms with Crippen LogP contribution < -0.4 is 10.1 Å². The second-order valence-electron chi connectivity index (χ2n) is 5.21. The van der Waals surface area contributed by atoms with Crippen LogP contribution in [-0.2, 0) is 6.42 Å². The molecule has 0 aliphatic heterocycles. The molecule has 0 spiro atoms. The van der Waals surface area contributed by atoms with Crippen molar-refractivity contribution in [3.63, 3.8) is 0 Å². The molecule has 100 valence electrons. The van der Waals surface area contributed by atoms with Gasteiger partial charge >= 0.3 is 0 Å². The minimum Gasteiger partial charge on any atom is -0.492 e. The van der Waals surface area contributed by atoms with E-state index >= 15 is 0 Å². The SMILES string of the molecule is CCCc1ccc(OCC(NCC)C2CC2)cc1. The van der Waals surface area contributed by atoms with E-state index in [0.29, 0.717) is 6.04 Å². The number of hydrogen-bond acceptors (Lipinski definition) is 2. The predicted octanol–water partition coefficient (Wildman–Crippen LogP) is 3.41. The second-order valence-corrected chi connectivity index (χ2v) is 5.21. The smallest absolute Gasteiger partial charge is 0.119 e. The second kappa shape index (κ2) is 6.79. The molecule has 0 radical (unpaired) electrons. The van der Waals surface area contributed by atoms with Crippen molar-refractivity contribution in [2.75, 3.05) is 13.2 Å². The van der Waals surface area contributed by atoms with Crippen LogP contribution in [0, 0.1) is 5.92 Å². The first-order valence-electron chi connectivity index (χ1n) is 7.28. The Hall–Kier alpha value is -1.02. The Bertz CT molecular complexity index is 343. The zero-order valence-electron chi connectivity index (χ0n) is 11.6. The van der Waals surface area contributed by atoms with Crippen molar-refractivity contribution < 1.29 is 4.74 Å². The van der Waals surface area contributed by atoms with E-state index in [9.17, 15) is 0 Å². The molecule has 0 bridgehead atoms. The van der Waals surface area contributed by atoms with E-state index < -0.39 is 0 Å². The molecular weight excluding hydrogens is 222 g/mol. The van der Waals surface area contributed by atoms with E-state index in [1.807, 2.05) is 0 Å². The molecular formula is C16H25NO. The van der Waals surface area contributed by atoms with Gasteiger partial charge in [0.05, 0.1) is 0 Å². The lowest BCUT2D eigenvalue weighted by Crippen LogP contribution is -2.36. The molecule has 1 aromatic carbocycles. The topological polar surface area (TPSA) is 21.3 Å². The third kappa shape index (κ3) is 4.02. The lowest BCUT2D eigenvalue weighted by molar-refractivity contribution is 0.251. The average Bonchev–Trinajstić information content (AvgIpc) is 3.21. The highest BCUT2D eigenvalue weighted by atomic mass is 16.5. The van der Waals surface area contributed by atoms with Gasteiger partial charge in [0.15, 0.2) is 0 Å². The van der Waals surface area contributed by atoms with Gasteiger partial charge in [0.25, 0.3) is 0 Å². The maximum absolute atomic E-state index is 5.89. The molecule has 0 heterocycles. The molecule has 0 saturated heterocycles. The summed E-state index contributed by atoms with van der Waals surface area (Å²) in [5.74, 6) is 1.84. The van der Waals surface area contributed by atoms with Gasteiger partial charge in [-0.1, -0.05) is 32.4 Å². The highest BCUT2D eigenvalue weighted by Crippen LogP contribution is 2.32. The summed E-state index contributed by atoms with van der Waals surface area (Å²) in [5, 5.41) is 3.52. The number of benzene rings is 1. The lowest BCUT2D eigenvalue weighted by Gasteiger charge is -2.18. The van der Waals surface area contributed by atoms with E-state index in [-0.39, 0.29) is 0 Å². The van der Waals surface area contributed by atoms with Gasteiger partial charge in [-0.05, 0) is 49.4 Å². The van der Waals surface area contributed by atoms with Gasteiger partial charge in [0.2, 0.25) is 0 Å². The monoisotopic (exact) mass is 247 g/mol. The quantitative estimate of drug-likeness (QED) is 0.760. The summed E-state index contributed by atoms with van der Waals surface area (Å²) < 4.78 is 5.89. The summed E-state index contributed by atoms with van der Waals surface area (Å²) in [5.41, 5.74) is 1.40. The molecule has 1 unspecified atom stereocenters. The molecule has 0 aromatic heterocycles. The van der Waals surface area contributed by atoms with Crippen LogP contribution in [0.4, 0.5) is 0 Å². The van der Waals surface area contributed by atoms with Gasteiger partial charge < -0.3 is 10.1 Å². The molecule has 2 heteroatoms. The zero-order chi connectivity index (χ0) is 12.8. The lowest BCUT2D eigenvalue weighted by atomic mass is 10.1. The molecule has 1 atom stereocenters. The Balaban J connectivity index is 1.81. The van der Waals surface area contributed by atoms with Gasteiger partial charge in [-0.25, -0.2) is 0 Å². The molecule has 1 aromatic rings. The number of rotatable bonds is 8. The van der Waals surface area contributed by atoms with Crippen LogP contribution in [0.5, 0.6) is 5.75 Å². The first-order valence-corrected chi connectivity index (χ1v) is 7.28. The molecule has 1 aliphatic carbocycles. The van der Waals surface area contributed by atoms with Crippen molar-refractivity contribution in [3.05, 3.63) is 29.8 Å². The fraction of sp³-hybridized carbons (Fsp3) is 0.625. The molecule has 1 saturated carbocycles. The molecule has 1 aliphatic rings. The van der Waals surface area contributed by atoms with Crippen molar-refractivity contribution in [2.24, 2.45) is 5.92 Å². The maximum Gasteiger partial charge on any atom is 0.119 e. The highest BCUT2D eigenvalue weighted by Gasteiger charge is 2.30. The number of aryl methyl sites for hydroxylation is 1. The average molecular weight is 247 g/mol. The number of ether oxygens (including phenoxy) is 1. The Labute approximate surface area is 111 Å². The van der Waals surface area contributed by atoms with E-state index in [0.717, 1.165) is 31.2 Å². The van der Waals surface area contributed by atoms with Crippen molar-refractivity contribution in [1.29, 1.82) is 0 Å². The molecule has 2 nitrogen and oxygen atoms in total. The van der Waals surface area contributed by atoms with Crippen molar-refractivity contribution in [3.8, 4) is 5.75 Å². The summed E-state index contributed by atoms with van der Waals surface area (Å²) in [6.07, 6.45) is 5.07. The predicted molar refractivity (Wildman–Crippen MR) is 76.1 cm³/mol. The van der Waals surface area contributed by atoms with E-state index in [1.165, 1.54) is 24.8 Å². The standard InChI is InChI=1S/C16H25NO/c1-3-5-13-6-10-15(11-7-13)18-12-16(17-4-2)14-8-9-14/h6-7,10-11,14,16-17H,3-5,8-9,12H2,1-2H3. The van der Waals surface area contributed by atoms with Crippen molar-refractivity contribution >= 4 is 0 Å². The molecule has 1 N–H and O–H groups in total. The minimum atomic E-state index is 0.533. The number of hydrogen-bond donors (Lipinski definition) is 1. The Morgan fingerprint density at radius 3 is 2.50 bits per heavy atom. The van der Waals surface area contributed by atoms with Crippen LogP contribution >= 0.6 is 0 Å². The van der Waals surface area contributed by atoms with E-state index in [1.54, 1.807) is 0 Å². The summed E-state index contributed by atoms with van der Waals surface area (Å²) in [4.78, 5) is 0.